The molecule has 3 saturated heterocycles. The van der Waals surface area contributed by atoms with Crippen molar-refractivity contribution >= 4 is 20.8 Å². The highest BCUT2D eigenvalue weighted by Gasteiger charge is 2.47. The molecule has 1 unspecified atom stereocenters. The van der Waals surface area contributed by atoms with E-state index in [1.807, 2.05) is 0 Å². The lowest BCUT2D eigenvalue weighted by Gasteiger charge is -2.45. The van der Waals surface area contributed by atoms with Gasteiger partial charge in [-0.2, -0.15) is 4.33 Å². The molecule has 3 heterocycles. The topological polar surface area (TPSA) is 69.2 Å². The Balaban J connectivity index is 1.83. The number of quaternary nitrogens is 2. The van der Waals surface area contributed by atoms with Crippen LogP contribution in [-0.2, 0) is 22.7 Å². The average molecular weight is 524 g/mol. The molecule has 0 aromatic heterocycles. The van der Waals surface area contributed by atoms with Gasteiger partial charge in [0.05, 0.1) is 53.0 Å². The van der Waals surface area contributed by atoms with E-state index in [0.717, 1.165) is 67.3 Å². The fraction of sp³-hybridized carbons (Fsp3) is 1.00. The zero-order chi connectivity index (χ0) is 24.6. The van der Waals surface area contributed by atoms with Crippen molar-refractivity contribution < 1.29 is 36.9 Å². The van der Waals surface area contributed by atoms with E-state index in [4.69, 9.17) is 13.3 Å². The molecule has 10 heteroatoms. The number of unbranched alkanes of at least 4 members (excludes halogenated alkanes) is 5. The van der Waals surface area contributed by atoms with Crippen molar-refractivity contribution in [3.05, 3.63) is 0 Å². The molecule has 0 saturated carbocycles. The van der Waals surface area contributed by atoms with Crippen LogP contribution in [0.25, 0.3) is 0 Å². The molecule has 0 aromatic rings. The van der Waals surface area contributed by atoms with Crippen LogP contribution in [0.4, 0.5) is 0 Å². The molecule has 3 rings (SSSR count). The van der Waals surface area contributed by atoms with Crippen LogP contribution >= 0.6 is 12.0 Å². The lowest BCUT2D eigenvalue weighted by Crippen LogP contribution is -2.63. The number of hydrogen-bond donors (Lipinski definition) is 0. The third kappa shape index (κ3) is 11.1. The van der Waals surface area contributed by atoms with E-state index < -0.39 is 8.80 Å². The van der Waals surface area contributed by atoms with Gasteiger partial charge in [-0.3, -0.25) is 5.04 Å². The van der Waals surface area contributed by atoms with E-state index in [2.05, 4.69) is 30.3 Å². The molecular formula is C24H51N2O6SSi+. The van der Waals surface area contributed by atoms with Crippen molar-refractivity contribution in [3.8, 4) is 0 Å². The maximum atomic E-state index is 9.94. The fourth-order valence-electron chi connectivity index (χ4n) is 5.39. The van der Waals surface area contributed by atoms with Crippen LogP contribution in [0.15, 0.2) is 0 Å². The Morgan fingerprint density at radius 3 is 1.97 bits per heavy atom. The lowest BCUT2D eigenvalue weighted by atomic mass is 10.1. The first-order valence-electron chi connectivity index (χ1n) is 13.7. The zero-order valence-electron chi connectivity index (χ0n) is 22.1. The zero-order valence-corrected chi connectivity index (χ0v) is 23.9. The molecular weight excluding hydrogens is 472 g/mol. The summed E-state index contributed by atoms with van der Waals surface area (Å²) < 4.78 is 25.8. The van der Waals surface area contributed by atoms with Crippen molar-refractivity contribution in [2.75, 3.05) is 78.4 Å². The van der Waals surface area contributed by atoms with Gasteiger partial charge in [-0.1, -0.05) is 33.1 Å². The van der Waals surface area contributed by atoms with Gasteiger partial charge >= 0.3 is 8.80 Å². The van der Waals surface area contributed by atoms with E-state index in [1.165, 1.54) is 69.1 Å². The fourth-order valence-corrected chi connectivity index (χ4v) is 8.22. The van der Waals surface area contributed by atoms with Crippen molar-refractivity contribution in [1.82, 2.24) is 0 Å². The first-order chi connectivity index (χ1) is 16.5. The largest absolute Gasteiger partial charge is 0.691 e. The summed E-state index contributed by atoms with van der Waals surface area (Å²) in [5, 5.41) is 13.4. The summed E-state index contributed by atoms with van der Waals surface area (Å²) in [6.07, 6.45) is 11.3. The molecule has 202 valence electrons. The molecule has 0 amide bonds. The Morgan fingerprint density at radius 1 is 0.824 bits per heavy atom. The predicted octanol–water partition coefficient (Wildman–Crippen LogP) is 3.69. The van der Waals surface area contributed by atoms with Gasteiger partial charge in [-0.05, 0) is 25.7 Å². The highest BCUT2D eigenvalue weighted by atomic mass is 32.2. The van der Waals surface area contributed by atoms with Crippen LogP contribution < -0.4 is 5.26 Å². The molecule has 8 nitrogen and oxygen atoms in total. The number of rotatable bonds is 19. The van der Waals surface area contributed by atoms with Crippen LogP contribution in [0.5, 0.6) is 0 Å². The van der Waals surface area contributed by atoms with E-state index in [-0.39, 0.29) is 0 Å². The summed E-state index contributed by atoms with van der Waals surface area (Å²) >= 11 is 1.07. The summed E-state index contributed by atoms with van der Waals surface area (Å²) in [5.74, 6) is 0.733. The third-order valence-corrected chi connectivity index (χ3v) is 11.1. The van der Waals surface area contributed by atoms with Gasteiger partial charge in [0.25, 0.3) is 0 Å². The van der Waals surface area contributed by atoms with Crippen molar-refractivity contribution in [2.45, 2.75) is 77.7 Å². The SMILES string of the molecule is CCCCCC[N+](C)(CCCCC)CCC[Si]12OCC[N+](CCCSOO[O-])(CCO1)CCO2. The van der Waals surface area contributed by atoms with Gasteiger partial charge in [0.2, 0.25) is 0 Å². The molecule has 3 fully saturated rings. The van der Waals surface area contributed by atoms with E-state index in [0.29, 0.717) is 19.8 Å². The Bertz CT molecular complexity index is 506. The standard InChI is InChI=1S/C24H51N2O6SSi/c1-4-6-8-10-14-25(3,13-9-7-5-2)15-12-24-34-28-20-17-26(18-21-29-34,19-22-30-34)16-11-23-33-32-31-27/h4-24H2,1-3H3/q+1. The van der Waals surface area contributed by atoms with Crippen molar-refractivity contribution in [1.29, 1.82) is 0 Å². The Kier molecular flexibility index (Phi) is 15.1. The molecule has 3 aliphatic heterocycles. The third-order valence-electron chi connectivity index (χ3n) is 7.63. The molecule has 0 aromatic carbocycles. The number of hydrogen-bond acceptors (Lipinski definition) is 7. The monoisotopic (exact) mass is 523 g/mol. The van der Waals surface area contributed by atoms with Gasteiger partial charge in [-0.25, -0.2) is 0 Å². The smallest absolute Gasteiger partial charge is 0.501 e. The minimum absolute atomic E-state index is 0.708. The molecule has 0 radical (unpaired) electrons. The number of nitrogens with zero attached hydrogens (tertiary/aromatic N) is 2. The van der Waals surface area contributed by atoms with Crippen molar-refractivity contribution in [2.24, 2.45) is 0 Å². The van der Waals surface area contributed by atoms with Gasteiger partial charge in [0.1, 0.15) is 19.6 Å². The second-order valence-electron chi connectivity index (χ2n) is 10.4. The minimum Gasteiger partial charge on any atom is -0.691 e. The lowest BCUT2D eigenvalue weighted by molar-refractivity contribution is -0.930. The summed E-state index contributed by atoms with van der Waals surface area (Å²) in [5.41, 5.74) is 0. The quantitative estimate of drug-likeness (QED) is 0.0639. The predicted molar refractivity (Wildman–Crippen MR) is 136 cm³/mol. The van der Waals surface area contributed by atoms with Gasteiger partial charge in [0, 0.05) is 36.7 Å². The molecule has 34 heavy (non-hydrogen) atoms. The van der Waals surface area contributed by atoms with Crippen LogP contribution in [0, 0.1) is 0 Å². The second kappa shape index (κ2) is 16.9. The van der Waals surface area contributed by atoms with Crippen LogP contribution in [0.3, 0.4) is 0 Å². The molecule has 1 atom stereocenters. The maximum absolute atomic E-state index is 9.94. The summed E-state index contributed by atoms with van der Waals surface area (Å²) in [6, 6.07) is 0.937. The highest BCUT2D eigenvalue weighted by molar-refractivity contribution is 7.94. The van der Waals surface area contributed by atoms with E-state index in [9.17, 15) is 5.26 Å². The minimum atomic E-state index is -2.59. The first kappa shape index (κ1) is 30.5. The van der Waals surface area contributed by atoms with Crippen LogP contribution in [0.2, 0.25) is 6.04 Å². The average Bonchev–Trinajstić information content (AvgIpc) is 2.78. The first-order valence-corrected chi connectivity index (χ1v) is 16.5. The second-order valence-corrected chi connectivity index (χ2v) is 13.9. The Hall–Kier alpha value is 0.247. The van der Waals surface area contributed by atoms with Gasteiger partial charge < -0.3 is 27.5 Å². The molecule has 0 aliphatic carbocycles. The van der Waals surface area contributed by atoms with Crippen LogP contribution in [-0.4, -0.2) is 96.2 Å². The molecule has 0 spiro atoms. The summed E-state index contributed by atoms with van der Waals surface area (Å²) in [4.78, 5) is 0. The van der Waals surface area contributed by atoms with Gasteiger partial charge in [0.15, 0.2) is 0 Å². The summed E-state index contributed by atoms with van der Waals surface area (Å²) in [7, 11) is -0.130. The normalized spacial score (nSPS) is 27.2. The van der Waals surface area contributed by atoms with Gasteiger partial charge in [-0.15, -0.1) is 0 Å². The van der Waals surface area contributed by atoms with Crippen molar-refractivity contribution in [3.63, 3.8) is 0 Å². The molecule has 2 bridgehead atoms. The number of fused-ring (bicyclic) bond motifs is 6. The maximum Gasteiger partial charge on any atom is 0.501 e. The Morgan fingerprint density at radius 2 is 1.38 bits per heavy atom. The molecule has 3 aliphatic rings. The van der Waals surface area contributed by atoms with E-state index >= 15 is 0 Å². The molecule has 0 N–H and O–H groups in total. The highest BCUT2D eigenvalue weighted by Crippen LogP contribution is 2.26. The van der Waals surface area contributed by atoms with E-state index in [1.54, 1.807) is 0 Å². The van der Waals surface area contributed by atoms with Crippen LogP contribution in [0.1, 0.15) is 71.6 Å². The summed E-state index contributed by atoms with van der Waals surface area (Å²) in [6.45, 7) is 14.5. The Labute approximate surface area is 213 Å².